The molecule has 0 spiro atoms. The summed E-state index contributed by atoms with van der Waals surface area (Å²) in [5, 5.41) is 0.707. The molecule has 2 aromatic carbocycles. The third-order valence-electron chi connectivity index (χ3n) is 5.18. The van der Waals surface area contributed by atoms with Crippen LogP contribution in [0.25, 0.3) is 11.0 Å². The van der Waals surface area contributed by atoms with Gasteiger partial charge >= 0.3 is 11.6 Å². The van der Waals surface area contributed by atoms with Gasteiger partial charge in [-0.15, -0.1) is 0 Å². The lowest BCUT2D eigenvalue weighted by Crippen LogP contribution is -2.25. The Morgan fingerprint density at radius 2 is 1.83 bits per heavy atom. The topological polar surface area (TPSA) is 103 Å². The fraction of sp³-hybridized carbons (Fsp3) is 0.273. The summed E-state index contributed by atoms with van der Waals surface area (Å²) < 4.78 is 37.7. The Hall–Kier alpha value is -2.97. The molecule has 8 heteroatoms. The van der Waals surface area contributed by atoms with Crippen molar-refractivity contribution in [3.8, 4) is 0 Å². The van der Waals surface area contributed by atoms with Crippen molar-refractivity contribution in [1.82, 2.24) is 4.72 Å². The minimum atomic E-state index is -3.58. The van der Waals surface area contributed by atoms with Gasteiger partial charge in [-0.1, -0.05) is 12.1 Å². The van der Waals surface area contributed by atoms with Crippen molar-refractivity contribution in [2.24, 2.45) is 0 Å². The molecular weight excluding hydrogens is 406 g/mol. The molecule has 1 N–H and O–H groups in total. The molecule has 0 radical (unpaired) electrons. The first-order valence-corrected chi connectivity index (χ1v) is 11.1. The van der Waals surface area contributed by atoms with Crippen LogP contribution in [-0.2, 0) is 21.4 Å². The smallest absolute Gasteiger partial charge is 0.338 e. The standard InChI is InChI=1S/C22H21NO6S/c1-13-3-10-19-16(11-20(24)29-21(19)14(13)2)12-28-22(25)15-4-8-18(9-5-15)30(26,27)23-17-6-7-17/h3-5,8-11,17,23H,6-7,12H2,1-2H3. The summed E-state index contributed by atoms with van der Waals surface area (Å²) in [6.45, 7) is 3.68. The molecule has 0 amide bonds. The first-order chi connectivity index (χ1) is 14.2. The molecule has 1 aliphatic carbocycles. The zero-order chi connectivity index (χ0) is 21.5. The van der Waals surface area contributed by atoms with Gasteiger partial charge in [0, 0.05) is 23.1 Å². The van der Waals surface area contributed by atoms with Gasteiger partial charge in [-0.2, -0.15) is 0 Å². The number of fused-ring (bicyclic) bond motifs is 1. The van der Waals surface area contributed by atoms with Gasteiger partial charge in [0.1, 0.15) is 12.2 Å². The summed E-state index contributed by atoms with van der Waals surface area (Å²) >= 11 is 0. The highest BCUT2D eigenvalue weighted by atomic mass is 32.2. The Morgan fingerprint density at radius 3 is 2.50 bits per heavy atom. The molecule has 0 saturated heterocycles. The molecule has 0 aliphatic heterocycles. The third-order valence-corrected chi connectivity index (χ3v) is 6.71. The average Bonchev–Trinajstić information content (AvgIpc) is 3.52. The highest BCUT2D eigenvalue weighted by Gasteiger charge is 2.28. The second kappa shape index (κ2) is 7.70. The molecule has 0 unspecified atom stereocenters. The second-order valence-corrected chi connectivity index (χ2v) is 9.18. The number of sulfonamides is 1. The van der Waals surface area contributed by atoms with E-state index in [9.17, 15) is 18.0 Å². The molecule has 1 saturated carbocycles. The monoisotopic (exact) mass is 427 g/mol. The number of ether oxygens (including phenoxy) is 1. The van der Waals surface area contributed by atoms with Gasteiger partial charge in [0.15, 0.2) is 0 Å². The molecule has 1 fully saturated rings. The van der Waals surface area contributed by atoms with Crippen LogP contribution in [0.3, 0.4) is 0 Å². The van der Waals surface area contributed by atoms with Crippen LogP contribution in [0.2, 0.25) is 0 Å². The van der Waals surface area contributed by atoms with Gasteiger partial charge in [-0.05, 0) is 62.1 Å². The van der Waals surface area contributed by atoms with Crippen LogP contribution in [0.15, 0.2) is 56.6 Å². The Bertz CT molecular complexity index is 1290. The molecule has 1 aliphatic rings. The predicted molar refractivity (Wildman–Crippen MR) is 111 cm³/mol. The summed E-state index contributed by atoms with van der Waals surface area (Å²) in [4.78, 5) is 24.4. The quantitative estimate of drug-likeness (QED) is 0.479. The molecule has 4 rings (SSSR count). The van der Waals surface area contributed by atoms with Gasteiger partial charge in [-0.25, -0.2) is 22.7 Å². The van der Waals surface area contributed by atoms with E-state index in [0.717, 1.165) is 24.0 Å². The number of nitrogens with one attached hydrogen (secondary N) is 1. The molecule has 3 aromatic rings. The maximum absolute atomic E-state index is 12.4. The Morgan fingerprint density at radius 1 is 1.13 bits per heavy atom. The second-order valence-electron chi connectivity index (χ2n) is 7.47. The number of benzene rings is 2. The van der Waals surface area contributed by atoms with Crippen molar-refractivity contribution < 1.29 is 22.4 Å². The van der Waals surface area contributed by atoms with E-state index in [-0.39, 0.29) is 23.1 Å². The first kappa shape index (κ1) is 20.3. The van der Waals surface area contributed by atoms with E-state index in [1.165, 1.54) is 30.3 Å². The molecule has 0 bridgehead atoms. The van der Waals surface area contributed by atoms with Crippen molar-refractivity contribution in [2.75, 3.05) is 0 Å². The number of aryl methyl sites for hydroxylation is 2. The van der Waals surface area contributed by atoms with Gasteiger partial charge in [-0.3, -0.25) is 0 Å². The molecule has 7 nitrogen and oxygen atoms in total. The van der Waals surface area contributed by atoms with Crippen LogP contribution in [-0.4, -0.2) is 20.4 Å². The number of rotatable bonds is 6. The van der Waals surface area contributed by atoms with Crippen LogP contribution in [0, 0.1) is 13.8 Å². The maximum atomic E-state index is 12.4. The molecular formula is C22H21NO6S. The van der Waals surface area contributed by atoms with Crippen molar-refractivity contribution in [2.45, 2.75) is 44.2 Å². The van der Waals surface area contributed by atoms with Gasteiger partial charge in [0.2, 0.25) is 10.0 Å². The van der Waals surface area contributed by atoms with Crippen LogP contribution in [0.1, 0.15) is 39.9 Å². The zero-order valence-corrected chi connectivity index (χ0v) is 17.4. The summed E-state index contributed by atoms with van der Waals surface area (Å²) in [6, 6.07) is 10.6. The van der Waals surface area contributed by atoms with Crippen molar-refractivity contribution in [1.29, 1.82) is 0 Å². The largest absolute Gasteiger partial charge is 0.457 e. The predicted octanol–water partition coefficient (Wildman–Crippen LogP) is 3.21. The minimum Gasteiger partial charge on any atom is -0.457 e. The Balaban J connectivity index is 1.51. The highest BCUT2D eigenvalue weighted by Crippen LogP contribution is 2.24. The number of carbonyl (C=O) groups excluding carboxylic acids is 1. The fourth-order valence-electron chi connectivity index (χ4n) is 3.13. The molecule has 30 heavy (non-hydrogen) atoms. The van der Waals surface area contributed by atoms with Crippen molar-refractivity contribution in [3.05, 3.63) is 75.1 Å². The molecule has 156 valence electrons. The molecule has 0 atom stereocenters. The number of hydrogen-bond acceptors (Lipinski definition) is 6. The molecule has 1 heterocycles. The van der Waals surface area contributed by atoms with Crippen LogP contribution < -0.4 is 10.3 Å². The van der Waals surface area contributed by atoms with Crippen LogP contribution in [0.5, 0.6) is 0 Å². The van der Waals surface area contributed by atoms with Crippen LogP contribution in [0.4, 0.5) is 0 Å². The van der Waals surface area contributed by atoms with Gasteiger partial charge < -0.3 is 9.15 Å². The summed E-state index contributed by atoms with van der Waals surface area (Å²) in [7, 11) is -3.58. The highest BCUT2D eigenvalue weighted by molar-refractivity contribution is 7.89. The summed E-state index contributed by atoms with van der Waals surface area (Å²) in [5.41, 5.74) is 2.58. The van der Waals surface area contributed by atoms with E-state index in [0.29, 0.717) is 16.5 Å². The third kappa shape index (κ3) is 4.15. The van der Waals surface area contributed by atoms with E-state index in [1.807, 2.05) is 26.0 Å². The van der Waals surface area contributed by atoms with Crippen LogP contribution >= 0.6 is 0 Å². The van der Waals surface area contributed by atoms with Gasteiger partial charge in [0.25, 0.3) is 0 Å². The van der Waals surface area contributed by atoms with E-state index >= 15 is 0 Å². The normalized spacial score (nSPS) is 14.1. The SMILES string of the molecule is Cc1ccc2c(COC(=O)c3ccc(S(=O)(=O)NC4CC4)cc3)cc(=O)oc2c1C. The van der Waals surface area contributed by atoms with E-state index < -0.39 is 21.6 Å². The van der Waals surface area contributed by atoms with E-state index in [1.54, 1.807) is 0 Å². The summed E-state index contributed by atoms with van der Waals surface area (Å²) in [5.74, 6) is -0.612. The lowest BCUT2D eigenvalue weighted by Gasteiger charge is -2.10. The van der Waals surface area contributed by atoms with Crippen molar-refractivity contribution in [3.63, 3.8) is 0 Å². The van der Waals surface area contributed by atoms with Gasteiger partial charge in [0.05, 0.1) is 10.5 Å². The minimum absolute atomic E-state index is 0.00500. The van der Waals surface area contributed by atoms with E-state index in [2.05, 4.69) is 4.72 Å². The number of esters is 1. The number of hydrogen-bond donors (Lipinski definition) is 1. The Kier molecular flexibility index (Phi) is 5.21. The lowest BCUT2D eigenvalue weighted by atomic mass is 10.0. The summed E-state index contributed by atoms with van der Waals surface area (Å²) in [6.07, 6.45) is 1.69. The Labute approximate surface area is 173 Å². The maximum Gasteiger partial charge on any atom is 0.338 e. The average molecular weight is 427 g/mol. The zero-order valence-electron chi connectivity index (χ0n) is 16.6. The van der Waals surface area contributed by atoms with Crippen molar-refractivity contribution >= 4 is 27.0 Å². The first-order valence-electron chi connectivity index (χ1n) is 9.57. The van der Waals surface area contributed by atoms with E-state index in [4.69, 9.17) is 9.15 Å². The lowest BCUT2D eigenvalue weighted by molar-refractivity contribution is 0.0473. The number of carbonyl (C=O) groups is 1. The molecule has 1 aromatic heterocycles. The fourth-order valence-corrected chi connectivity index (χ4v) is 4.43.